The van der Waals surface area contributed by atoms with Gasteiger partial charge in [-0.1, -0.05) is 29.8 Å². The van der Waals surface area contributed by atoms with Crippen LogP contribution in [0.25, 0.3) is 0 Å². The number of ether oxygens (including phenoxy) is 1. The summed E-state index contributed by atoms with van der Waals surface area (Å²) in [6.45, 7) is 7.70. The molecule has 1 amide bonds. The molecule has 1 heterocycles. The van der Waals surface area contributed by atoms with Crippen LogP contribution in [0.2, 0.25) is 0 Å². The van der Waals surface area contributed by atoms with Crippen molar-refractivity contribution in [1.82, 2.24) is 4.90 Å². The van der Waals surface area contributed by atoms with Gasteiger partial charge in [-0.3, -0.25) is 4.90 Å². The molecule has 1 aromatic rings. The maximum Gasteiger partial charge on any atom is 0.411 e. The van der Waals surface area contributed by atoms with E-state index in [2.05, 4.69) is 0 Å². The zero-order valence-corrected chi connectivity index (χ0v) is 13.5. The molecule has 1 saturated heterocycles. The van der Waals surface area contributed by atoms with Gasteiger partial charge < -0.3 is 9.84 Å². The maximum absolute atomic E-state index is 12.2. The van der Waals surface area contributed by atoms with E-state index >= 15 is 0 Å². The van der Waals surface area contributed by atoms with E-state index in [9.17, 15) is 14.7 Å². The quantitative estimate of drug-likeness (QED) is 0.911. The minimum absolute atomic E-state index is 0.203. The molecule has 0 radical (unpaired) electrons. The molecular weight excluding hydrogens is 282 g/mol. The van der Waals surface area contributed by atoms with E-state index < -0.39 is 23.7 Å². The Kier molecular flexibility index (Phi) is 4.44. The second kappa shape index (κ2) is 5.99. The molecule has 1 aliphatic heterocycles. The predicted molar refractivity (Wildman–Crippen MR) is 82.9 cm³/mol. The van der Waals surface area contributed by atoms with Crippen molar-refractivity contribution >= 4 is 12.1 Å². The topological polar surface area (TPSA) is 66.8 Å². The molecule has 2 rings (SSSR count). The lowest BCUT2D eigenvalue weighted by atomic mass is 9.91. The van der Waals surface area contributed by atoms with E-state index in [0.29, 0.717) is 13.0 Å². The lowest BCUT2D eigenvalue weighted by Crippen LogP contribution is -2.45. The van der Waals surface area contributed by atoms with Gasteiger partial charge in [0.2, 0.25) is 0 Å². The molecule has 22 heavy (non-hydrogen) atoms. The number of nitrogens with zero attached hydrogens (tertiary/aromatic N) is 1. The lowest BCUT2D eigenvalue weighted by Gasteiger charge is -2.28. The largest absolute Gasteiger partial charge is 0.480 e. The first-order valence-electron chi connectivity index (χ1n) is 7.48. The molecule has 0 aliphatic carbocycles. The van der Waals surface area contributed by atoms with E-state index in [1.165, 1.54) is 4.90 Å². The van der Waals surface area contributed by atoms with Crippen LogP contribution in [-0.2, 0) is 9.53 Å². The molecule has 0 bridgehead atoms. The molecule has 0 aromatic heterocycles. The predicted octanol–water partition coefficient (Wildman–Crippen LogP) is 3.17. The molecule has 1 aliphatic rings. The van der Waals surface area contributed by atoms with Gasteiger partial charge in [0.1, 0.15) is 11.6 Å². The summed E-state index contributed by atoms with van der Waals surface area (Å²) in [6, 6.07) is 6.93. The summed E-state index contributed by atoms with van der Waals surface area (Å²) in [4.78, 5) is 25.3. The van der Waals surface area contributed by atoms with Gasteiger partial charge in [-0.05, 0) is 39.7 Å². The Balaban J connectivity index is 2.23. The first-order chi connectivity index (χ1) is 10.2. The molecule has 0 saturated carbocycles. The molecule has 0 spiro atoms. The Labute approximate surface area is 130 Å². The zero-order chi connectivity index (χ0) is 16.5. The number of carbonyl (C=O) groups is 2. The third kappa shape index (κ3) is 3.59. The third-order valence-electron chi connectivity index (χ3n) is 3.78. The molecule has 120 valence electrons. The first kappa shape index (κ1) is 16.3. The van der Waals surface area contributed by atoms with Crippen molar-refractivity contribution in [1.29, 1.82) is 0 Å². The fraction of sp³-hybridized carbons (Fsp3) is 0.529. The molecule has 1 N–H and O–H groups in total. The van der Waals surface area contributed by atoms with Gasteiger partial charge in [-0.25, -0.2) is 9.59 Å². The number of carboxylic acids is 1. The standard InChI is InChI=1S/C17H23NO4/c1-11-5-7-12(8-6-11)13-9-10-18(14(13)15(19)20)16(21)22-17(2,3)4/h5-8,13-14H,9-10H2,1-4H3,(H,19,20)/t13-,14-/m0/s1. The Hall–Kier alpha value is -2.04. The number of rotatable bonds is 2. The van der Waals surface area contributed by atoms with Crippen molar-refractivity contribution in [3.63, 3.8) is 0 Å². The van der Waals surface area contributed by atoms with Gasteiger partial charge in [0.15, 0.2) is 0 Å². The fourth-order valence-corrected chi connectivity index (χ4v) is 2.79. The van der Waals surface area contributed by atoms with Crippen molar-refractivity contribution in [3.8, 4) is 0 Å². The van der Waals surface area contributed by atoms with E-state index in [1.54, 1.807) is 20.8 Å². The fourth-order valence-electron chi connectivity index (χ4n) is 2.79. The van der Waals surface area contributed by atoms with Crippen molar-refractivity contribution in [2.24, 2.45) is 0 Å². The second-order valence-electron chi connectivity index (χ2n) is 6.76. The average Bonchev–Trinajstić information content (AvgIpc) is 2.82. The van der Waals surface area contributed by atoms with Crippen LogP contribution in [-0.4, -0.2) is 40.3 Å². The van der Waals surface area contributed by atoms with Crippen molar-refractivity contribution < 1.29 is 19.4 Å². The summed E-state index contributed by atoms with van der Waals surface area (Å²) in [5.74, 6) is -1.19. The van der Waals surface area contributed by atoms with Gasteiger partial charge in [-0.2, -0.15) is 0 Å². The third-order valence-corrected chi connectivity index (χ3v) is 3.78. The van der Waals surface area contributed by atoms with Crippen molar-refractivity contribution in [3.05, 3.63) is 35.4 Å². The summed E-state index contributed by atoms with van der Waals surface area (Å²) in [5, 5.41) is 9.57. The van der Waals surface area contributed by atoms with Crippen molar-refractivity contribution in [2.45, 2.75) is 51.7 Å². The number of carbonyl (C=O) groups excluding carboxylic acids is 1. The van der Waals surface area contributed by atoms with Crippen LogP contribution < -0.4 is 0 Å². The van der Waals surface area contributed by atoms with E-state index in [0.717, 1.165) is 11.1 Å². The van der Waals surface area contributed by atoms with Gasteiger partial charge in [0.05, 0.1) is 0 Å². The number of likely N-dealkylation sites (tertiary alicyclic amines) is 1. The van der Waals surface area contributed by atoms with Crippen LogP contribution in [0.5, 0.6) is 0 Å². The minimum atomic E-state index is -0.992. The molecule has 1 fully saturated rings. The van der Waals surface area contributed by atoms with E-state index in [1.807, 2.05) is 31.2 Å². The van der Waals surface area contributed by atoms with Crippen LogP contribution >= 0.6 is 0 Å². The number of benzene rings is 1. The van der Waals surface area contributed by atoms with Gasteiger partial charge in [0, 0.05) is 12.5 Å². The number of carboxylic acid groups (broad SMARTS) is 1. The average molecular weight is 305 g/mol. The molecule has 2 atom stereocenters. The summed E-state index contributed by atoms with van der Waals surface area (Å²) >= 11 is 0. The van der Waals surface area contributed by atoms with Gasteiger partial charge in [-0.15, -0.1) is 0 Å². The SMILES string of the molecule is Cc1ccc([C@@H]2CCN(C(=O)OC(C)(C)C)[C@@H]2C(=O)O)cc1. The molecule has 5 nitrogen and oxygen atoms in total. The number of aryl methyl sites for hydroxylation is 1. The normalized spacial score (nSPS) is 21.7. The van der Waals surface area contributed by atoms with Crippen LogP contribution in [0, 0.1) is 6.92 Å². The smallest absolute Gasteiger partial charge is 0.411 e. The summed E-state index contributed by atoms with van der Waals surface area (Å²) in [5.41, 5.74) is 1.43. The molecule has 0 unspecified atom stereocenters. The highest BCUT2D eigenvalue weighted by Gasteiger charge is 2.44. The summed E-state index contributed by atoms with van der Waals surface area (Å²) in [6.07, 6.45) is 0.0636. The molecular formula is C17H23NO4. The second-order valence-corrected chi connectivity index (χ2v) is 6.76. The Morgan fingerprint density at radius 3 is 2.32 bits per heavy atom. The first-order valence-corrected chi connectivity index (χ1v) is 7.48. The van der Waals surface area contributed by atoms with Crippen LogP contribution in [0.15, 0.2) is 24.3 Å². The highest BCUT2D eigenvalue weighted by atomic mass is 16.6. The summed E-state index contributed by atoms with van der Waals surface area (Å²) < 4.78 is 5.33. The summed E-state index contributed by atoms with van der Waals surface area (Å²) in [7, 11) is 0. The number of hydrogen-bond donors (Lipinski definition) is 1. The monoisotopic (exact) mass is 305 g/mol. The molecule has 1 aromatic carbocycles. The zero-order valence-electron chi connectivity index (χ0n) is 13.5. The van der Waals surface area contributed by atoms with Gasteiger partial charge >= 0.3 is 12.1 Å². The Morgan fingerprint density at radius 2 is 1.82 bits per heavy atom. The van der Waals surface area contributed by atoms with Crippen LogP contribution in [0.4, 0.5) is 4.79 Å². The lowest BCUT2D eigenvalue weighted by molar-refractivity contribution is -0.142. The van der Waals surface area contributed by atoms with Crippen molar-refractivity contribution in [2.75, 3.05) is 6.54 Å². The van der Waals surface area contributed by atoms with Crippen LogP contribution in [0.1, 0.15) is 44.2 Å². The maximum atomic E-state index is 12.2. The highest BCUT2D eigenvalue weighted by Crippen LogP contribution is 2.34. The number of aliphatic carboxylic acids is 1. The minimum Gasteiger partial charge on any atom is -0.480 e. The molecule has 5 heteroatoms. The van der Waals surface area contributed by atoms with E-state index in [4.69, 9.17) is 4.74 Å². The Bertz CT molecular complexity index is 559. The van der Waals surface area contributed by atoms with E-state index in [-0.39, 0.29) is 5.92 Å². The number of hydrogen-bond acceptors (Lipinski definition) is 3. The van der Waals surface area contributed by atoms with Gasteiger partial charge in [0.25, 0.3) is 0 Å². The highest BCUT2D eigenvalue weighted by molar-refractivity contribution is 5.82. The van der Waals surface area contributed by atoms with Crippen LogP contribution in [0.3, 0.4) is 0 Å². The number of amides is 1. The Morgan fingerprint density at radius 1 is 1.23 bits per heavy atom.